The topological polar surface area (TPSA) is 54.5 Å². The zero-order chi connectivity index (χ0) is 9.14. The van der Waals surface area contributed by atoms with Gasteiger partial charge >= 0.3 is 0 Å². The number of piperidine rings is 1. The van der Waals surface area contributed by atoms with Crippen molar-refractivity contribution in [2.75, 3.05) is 6.54 Å². The van der Waals surface area contributed by atoms with E-state index < -0.39 is 5.91 Å². The average molecular weight is 169 g/mol. The summed E-state index contributed by atoms with van der Waals surface area (Å²) in [4.78, 5) is 33.1. The number of amides is 2. The molecule has 2 amide bonds. The molecule has 1 heterocycles. The van der Waals surface area contributed by atoms with E-state index in [1.807, 2.05) is 6.92 Å². The molecule has 0 aromatic rings. The van der Waals surface area contributed by atoms with Crippen LogP contribution >= 0.6 is 0 Å². The van der Waals surface area contributed by atoms with Crippen LogP contribution in [0.2, 0.25) is 0 Å². The van der Waals surface area contributed by atoms with Crippen LogP contribution in [0.3, 0.4) is 0 Å². The van der Waals surface area contributed by atoms with Crippen LogP contribution in [0.25, 0.3) is 0 Å². The molecule has 66 valence electrons. The first-order valence-corrected chi connectivity index (χ1v) is 3.94. The van der Waals surface area contributed by atoms with Gasteiger partial charge in [0, 0.05) is 13.0 Å². The fourth-order valence-electron chi connectivity index (χ4n) is 1.28. The summed E-state index contributed by atoms with van der Waals surface area (Å²) in [6.07, 6.45) is 1.36. The Kier molecular flexibility index (Phi) is 2.58. The smallest absolute Gasteiger partial charge is 0.292 e. The Bertz CT molecular complexity index is 224. The molecule has 0 saturated carbocycles. The van der Waals surface area contributed by atoms with E-state index in [2.05, 4.69) is 0 Å². The van der Waals surface area contributed by atoms with Gasteiger partial charge in [-0.25, -0.2) is 0 Å². The van der Waals surface area contributed by atoms with Gasteiger partial charge in [-0.1, -0.05) is 6.92 Å². The van der Waals surface area contributed by atoms with Crippen LogP contribution in [0.4, 0.5) is 0 Å². The number of carbonyl (C=O) groups is 3. The molecule has 1 saturated heterocycles. The van der Waals surface area contributed by atoms with E-state index in [9.17, 15) is 14.4 Å². The minimum absolute atomic E-state index is 0.188. The summed E-state index contributed by atoms with van der Waals surface area (Å²) in [6.45, 7) is 2.35. The van der Waals surface area contributed by atoms with Crippen LogP contribution in [0, 0.1) is 5.92 Å². The highest BCUT2D eigenvalue weighted by Gasteiger charge is 2.27. The summed E-state index contributed by atoms with van der Waals surface area (Å²) >= 11 is 0. The summed E-state index contributed by atoms with van der Waals surface area (Å²) in [7, 11) is 0. The van der Waals surface area contributed by atoms with Crippen LogP contribution in [-0.2, 0) is 14.4 Å². The zero-order valence-electron chi connectivity index (χ0n) is 6.95. The van der Waals surface area contributed by atoms with Crippen molar-refractivity contribution in [2.45, 2.75) is 19.8 Å². The van der Waals surface area contributed by atoms with Crippen molar-refractivity contribution in [1.82, 2.24) is 4.90 Å². The lowest BCUT2D eigenvalue weighted by Gasteiger charge is -2.26. The molecule has 0 aromatic heterocycles. The molecular weight excluding hydrogens is 158 g/mol. The van der Waals surface area contributed by atoms with Crippen LogP contribution in [-0.4, -0.2) is 29.5 Å². The van der Waals surface area contributed by atoms with Crippen molar-refractivity contribution in [3.8, 4) is 0 Å². The van der Waals surface area contributed by atoms with Crippen LogP contribution in [0.1, 0.15) is 19.8 Å². The lowest BCUT2D eigenvalue weighted by Crippen LogP contribution is -2.42. The summed E-state index contributed by atoms with van der Waals surface area (Å²) in [5, 5.41) is 0. The fraction of sp³-hybridized carbons (Fsp3) is 0.625. The summed E-state index contributed by atoms with van der Waals surface area (Å²) < 4.78 is 0. The maximum absolute atomic E-state index is 11.2. The molecule has 1 rings (SSSR count). The first-order valence-electron chi connectivity index (χ1n) is 3.94. The van der Waals surface area contributed by atoms with E-state index >= 15 is 0 Å². The number of imide groups is 1. The van der Waals surface area contributed by atoms with Crippen molar-refractivity contribution in [3.63, 3.8) is 0 Å². The van der Waals surface area contributed by atoms with Gasteiger partial charge < -0.3 is 0 Å². The first-order chi connectivity index (χ1) is 5.65. The standard InChI is InChI=1S/C8H11NO3/c1-6-2-3-9(7(11)4-6)8(12)5-10/h5-6H,2-4H2,1H3. The Labute approximate surface area is 70.5 Å². The van der Waals surface area contributed by atoms with Gasteiger partial charge in [-0.2, -0.15) is 0 Å². The number of aldehydes is 1. The number of carbonyl (C=O) groups excluding carboxylic acids is 3. The number of hydrogen-bond donors (Lipinski definition) is 0. The monoisotopic (exact) mass is 169 g/mol. The molecule has 0 aromatic carbocycles. The SMILES string of the molecule is CC1CCN(C(=O)C=O)C(=O)C1. The molecule has 4 nitrogen and oxygen atoms in total. The number of nitrogens with zero attached hydrogens (tertiary/aromatic N) is 1. The van der Waals surface area contributed by atoms with E-state index in [4.69, 9.17) is 0 Å². The van der Waals surface area contributed by atoms with Crippen molar-refractivity contribution in [1.29, 1.82) is 0 Å². The third kappa shape index (κ3) is 1.69. The van der Waals surface area contributed by atoms with Gasteiger partial charge in [0.05, 0.1) is 0 Å². The van der Waals surface area contributed by atoms with Gasteiger partial charge in [-0.05, 0) is 12.3 Å². The minimum Gasteiger partial charge on any atom is -0.292 e. The highest BCUT2D eigenvalue weighted by molar-refractivity contribution is 6.27. The van der Waals surface area contributed by atoms with E-state index in [1.165, 1.54) is 0 Å². The number of hydrogen-bond acceptors (Lipinski definition) is 3. The van der Waals surface area contributed by atoms with E-state index in [-0.39, 0.29) is 12.2 Å². The number of likely N-dealkylation sites (tertiary alicyclic amines) is 1. The number of rotatable bonds is 1. The van der Waals surface area contributed by atoms with Gasteiger partial charge in [-0.3, -0.25) is 19.3 Å². The molecule has 1 aliphatic rings. The molecule has 1 fully saturated rings. The van der Waals surface area contributed by atoms with Crippen LogP contribution in [0.5, 0.6) is 0 Å². The van der Waals surface area contributed by atoms with Gasteiger partial charge in [0.2, 0.25) is 12.2 Å². The van der Waals surface area contributed by atoms with Crippen molar-refractivity contribution < 1.29 is 14.4 Å². The molecule has 1 unspecified atom stereocenters. The molecule has 0 radical (unpaired) electrons. The Hall–Kier alpha value is -1.19. The Morgan fingerprint density at radius 1 is 1.67 bits per heavy atom. The van der Waals surface area contributed by atoms with E-state index in [0.717, 1.165) is 11.3 Å². The molecule has 12 heavy (non-hydrogen) atoms. The lowest BCUT2D eigenvalue weighted by atomic mass is 9.98. The summed E-state index contributed by atoms with van der Waals surface area (Å²) in [5.74, 6) is -0.619. The quantitative estimate of drug-likeness (QED) is 0.409. The van der Waals surface area contributed by atoms with Crippen molar-refractivity contribution in [2.24, 2.45) is 5.92 Å². The minimum atomic E-state index is -0.716. The van der Waals surface area contributed by atoms with Crippen molar-refractivity contribution in [3.05, 3.63) is 0 Å². The molecule has 0 bridgehead atoms. The Morgan fingerprint density at radius 2 is 2.33 bits per heavy atom. The maximum Gasteiger partial charge on any atom is 0.293 e. The molecule has 0 aliphatic carbocycles. The van der Waals surface area contributed by atoms with Gasteiger partial charge in [0.1, 0.15) is 0 Å². The molecule has 0 N–H and O–H groups in total. The first kappa shape index (κ1) is 8.90. The highest BCUT2D eigenvalue weighted by atomic mass is 16.2. The van der Waals surface area contributed by atoms with Crippen molar-refractivity contribution >= 4 is 18.1 Å². The molecule has 1 aliphatic heterocycles. The third-order valence-corrected chi connectivity index (χ3v) is 2.04. The average Bonchev–Trinajstić information content (AvgIpc) is 2.03. The molecule has 1 atom stereocenters. The van der Waals surface area contributed by atoms with Crippen LogP contribution < -0.4 is 0 Å². The normalized spacial score (nSPS) is 23.9. The largest absolute Gasteiger partial charge is 0.293 e. The highest BCUT2D eigenvalue weighted by Crippen LogP contribution is 2.16. The van der Waals surface area contributed by atoms with Gasteiger partial charge in [0.15, 0.2) is 0 Å². The molecule has 0 spiro atoms. The second kappa shape index (κ2) is 3.47. The van der Waals surface area contributed by atoms with Gasteiger partial charge in [-0.15, -0.1) is 0 Å². The second-order valence-electron chi connectivity index (χ2n) is 3.10. The van der Waals surface area contributed by atoms with Gasteiger partial charge in [0.25, 0.3) is 5.91 Å². The van der Waals surface area contributed by atoms with E-state index in [1.54, 1.807) is 0 Å². The third-order valence-electron chi connectivity index (χ3n) is 2.04. The predicted molar refractivity (Wildman–Crippen MR) is 41.2 cm³/mol. The second-order valence-corrected chi connectivity index (χ2v) is 3.10. The summed E-state index contributed by atoms with van der Waals surface area (Å²) in [6, 6.07) is 0. The Morgan fingerprint density at radius 3 is 2.83 bits per heavy atom. The Balaban J connectivity index is 2.62. The fourth-order valence-corrected chi connectivity index (χ4v) is 1.28. The lowest BCUT2D eigenvalue weighted by molar-refractivity contribution is -0.150. The van der Waals surface area contributed by atoms with Crippen LogP contribution in [0.15, 0.2) is 0 Å². The molecular formula is C8H11NO3. The summed E-state index contributed by atoms with van der Waals surface area (Å²) in [5.41, 5.74) is 0. The zero-order valence-corrected chi connectivity index (χ0v) is 6.95. The predicted octanol–water partition coefficient (Wildman–Crippen LogP) is -0.0296. The van der Waals surface area contributed by atoms with E-state index in [0.29, 0.717) is 18.9 Å². The maximum atomic E-state index is 11.2. The molecule has 4 heteroatoms.